The second-order valence-corrected chi connectivity index (χ2v) is 5.84. The minimum Gasteiger partial charge on any atom is -0.473 e. The second kappa shape index (κ2) is 6.06. The van der Waals surface area contributed by atoms with E-state index in [1.165, 1.54) is 0 Å². The molecule has 3 nitrogen and oxygen atoms in total. The Kier molecular flexibility index (Phi) is 4.40. The van der Waals surface area contributed by atoms with Gasteiger partial charge in [0.25, 0.3) is 0 Å². The Labute approximate surface area is 120 Å². The van der Waals surface area contributed by atoms with Crippen LogP contribution in [0.4, 0.5) is 0 Å². The second-order valence-electron chi connectivity index (χ2n) is 5.84. The summed E-state index contributed by atoms with van der Waals surface area (Å²) in [5.74, 6) is 0.675. The van der Waals surface area contributed by atoms with Crippen LogP contribution in [0.3, 0.4) is 0 Å². The molecule has 0 radical (unpaired) electrons. The topological polar surface area (TPSA) is 34.1 Å². The van der Waals surface area contributed by atoms with Crippen molar-refractivity contribution < 1.29 is 4.74 Å². The first-order valence-electron chi connectivity index (χ1n) is 6.87. The molecule has 106 valence electrons. The molecule has 1 aromatic heterocycles. The standard InChI is InChI=1S/C17H22N2O/c1-5-10-20-16-15-9-7-6-8-13(15)11-14(19-16)12-18-17(2,3)4/h5-9,11,18H,1,10,12H2,2-4H3. The van der Waals surface area contributed by atoms with E-state index in [2.05, 4.69) is 49.8 Å². The van der Waals surface area contributed by atoms with Crippen molar-refractivity contribution >= 4 is 10.8 Å². The summed E-state index contributed by atoms with van der Waals surface area (Å²) in [5, 5.41) is 5.63. The first kappa shape index (κ1) is 14.5. The molecule has 0 unspecified atom stereocenters. The highest BCUT2D eigenvalue weighted by atomic mass is 16.5. The zero-order valence-electron chi connectivity index (χ0n) is 12.4. The average Bonchev–Trinajstić information content (AvgIpc) is 2.41. The van der Waals surface area contributed by atoms with Crippen LogP contribution >= 0.6 is 0 Å². The Bertz CT molecular complexity index is 599. The van der Waals surface area contributed by atoms with Gasteiger partial charge in [0.05, 0.1) is 5.69 Å². The number of nitrogens with one attached hydrogen (secondary N) is 1. The average molecular weight is 270 g/mol. The van der Waals surface area contributed by atoms with Crippen LogP contribution in [-0.4, -0.2) is 17.1 Å². The summed E-state index contributed by atoms with van der Waals surface area (Å²) in [5.41, 5.74) is 1.05. The maximum absolute atomic E-state index is 5.68. The molecular formula is C17H22N2O. The van der Waals surface area contributed by atoms with Gasteiger partial charge in [-0.1, -0.05) is 30.9 Å². The predicted octanol–water partition coefficient (Wildman–Crippen LogP) is 3.69. The van der Waals surface area contributed by atoms with Gasteiger partial charge in [0.1, 0.15) is 6.61 Å². The van der Waals surface area contributed by atoms with Gasteiger partial charge in [0, 0.05) is 17.5 Å². The first-order valence-corrected chi connectivity index (χ1v) is 6.87. The lowest BCUT2D eigenvalue weighted by Crippen LogP contribution is -2.35. The third-order valence-corrected chi connectivity index (χ3v) is 2.90. The number of fused-ring (bicyclic) bond motifs is 1. The highest BCUT2D eigenvalue weighted by Crippen LogP contribution is 2.24. The maximum atomic E-state index is 5.68. The fraction of sp³-hybridized carbons (Fsp3) is 0.353. The van der Waals surface area contributed by atoms with Crippen LogP contribution in [0.1, 0.15) is 26.5 Å². The first-order chi connectivity index (χ1) is 9.49. The Morgan fingerprint density at radius 2 is 2.05 bits per heavy atom. The molecule has 0 amide bonds. The molecule has 1 N–H and O–H groups in total. The van der Waals surface area contributed by atoms with Crippen molar-refractivity contribution in [1.82, 2.24) is 10.3 Å². The SMILES string of the molecule is C=CCOc1nc(CNC(C)(C)C)cc2ccccc12. The van der Waals surface area contributed by atoms with Gasteiger partial charge in [-0.2, -0.15) is 0 Å². The van der Waals surface area contributed by atoms with Crippen LogP contribution in [0.2, 0.25) is 0 Å². The van der Waals surface area contributed by atoms with Gasteiger partial charge in [0.15, 0.2) is 0 Å². The Hall–Kier alpha value is -1.87. The van der Waals surface area contributed by atoms with E-state index in [1.54, 1.807) is 6.08 Å². The monoisotopic (exact) mass is 270 g/mol. The lowest BCUT2D eigenvalue weighted by molar-refractivity contribution is 0.350. The van der Waals surface area contributed by atoms with Crippen molar-refractivity contribution in [3.63, 3.8) is 0 Å². The third-order valence-electron chi connectivity index (χ3n) is 2.90. The van der Waals surface area contributed by atoms with Crippen molar-refractivity contribution in [2.75, 3.05) is 6.61 Å². The van der Waals surface area contributed by atoms with Crippen LogP contribution in [0.15, 0.2) is 43.0 Å². The maximum Gasteiger partial charge on any atom is 0.221 e. The van der Waals surface area contributed by atoms with E-state index in [4.69, 9.17) is 4.74 Å². The Morgan fingerprint density at radius 3 is 2.75 bits per heavy atom. The molecule has 0 atom stereocenters. The minimum atomic E-state index is 0.0649. The molecular weight excluding hydrogens is 248 g/mol. The van der Waals surface area contributed by atoms with Crippen LogP contribution < -0.4 is 10.1 Å². The van der Waals surface area contributed by atoms with Crippen molar-refractivity contribution in [2.24, 2.45) is 0 Å². The van der Waals surface area contributed by atoms with Crippen LogP contribution in [0.5, 0.6) is 5.88 Å². The van der Waals surface area contributed by atoms with E-state index >= 15 is 0 Å². The quantitative estimate of drug-likeness (QED) is 0.841. The van der Waals surface area contributed by atoms with Crippen LogP contribution in [0.25, 0.3) is 10.8 Å². The lowest BCUT2D eigenvalue weighted by Gasteiger charge is -2.20. The van der Waals surface area contributed by atoms with Crippen molar-refractivity contribution in [3.05, 3.63) is 48.7 Å². The van der Waals surface area contributed by atoms with Crippen LogP contribution in [0, 0.1) is 0 Å². The number of hydrogen-bond donors (Lipinski definition) is 1. The minimum absolute atomic E-state index is 0.0649. The number of hydrogen-bond acceptors (Lipinski definition) is 3. The third kappa shape index (κ3) is 3.81. The summed E-state index contributed by atoms with van der Waals surface area (Å²) in [6.45, 7) is 11.3. The van der Waals surface area contributed by atoms with Crippen LogP contribution in [-0.2, 0) is 6.54 Å². The van der Waals surface area contributed by atoms with Crippen molar-refractivity contribution in [1.29, 1.82) is 0 Å². The van der Waals surface area contributed by atoms with Crippen molar-refractivity contribution in [2.45, 2.75) is 32.9 Å². The van der Waals surface area contributed by atoms with Gasteiger partial charge >= 0.3 is 0 Å². The summed E-state index contributed by atoms with van der Waals surface area (Å²) in [6.07, 6.45) is 1.73. The predicted molar refractivity (Wildman–Crippen MR) is 84.0 cm³/mol. The summed E-state index contributed by atoms with van der Waals surface area (Å²) in [7, 11) is 0. The molecule has 0 aliphatic carbocycles. The number of aromatic nitrogens is 1. The summed E-state index contributed by atoms with van der Waals surface area (Å²) in [6, 6.07) is 10.2. The highest BCUT2D eigenvalue weighted by molar-refractivity contribution is 5.87. The van der Waals surface area contributed by atoms with Gasteiger partial charge in [-0.05, 0) is 38.3 Å². The normalized spacial score (nSPS) is 11.6. The zero-order chi connectivity index (χ0) is 14.6. The van der Waals surface area contributed by atoms with E-state index < -0.39 is 0 Å². The molecule has 2 rings (SSSR count). The fourth-order valence-electron chi connectivity index (χ4n) is 1.91. The van der Waals surface area contributed by atoms with E-state index in [0.29, 0.717) is 12.5 Å². The lowest BCUT2D eigenvalue weighted by atomic mass is 10.1. The number of rotatable bonds is 5. The molecule has 2 aromatic rings. The molecule has 0 spiro atoms. The molecule has 0 bridgehead atoms. The van der Waals surface area contributed by atoms with E-state index in [-0.39, 0.29) is 5.54 Å². The van der Waals surface area contributed by atoms with Gasteiger partial charge in [-0.15, -0.1) is 0 Å². The number of ether oxygens (including phenoxy) is 1. The highest BCUT2D eigenvalue weighted by Gasteiger charge is 2.11. The molecule has 0 saturated heterocycles. The Balaban J connectivity index is 2.33. The molecule has 0 aliphatic heterocycles. The van der Waals surface area contributed by atoms with E-state index in [1.807, 2.05) is 18.2 Å². The largest absolute Gasteiger partial charge is 0.473 e. The summed E-state index contributed by atoms with van der Waals surface area (Å²) >= 11 is 0. The molecule has 20 heavy (non-hydrogen) atoms. The summed E-state index contributed by atoms with van der Waals surface area (Å²) < 4.78 is 5.68. The van der Waals surface area contributed by atoms with Gasteiger partial charge in [-0.25, -0.2) is 4.98 Å². The van der Waals surface area contributed by atoms with E-state index in [0.717, 1.165) is 23.0 Å². The molecule has 1 heterocycles. The van der Waals surface area contributed by atoms with Gasteiger partial charge < -0.3 is 10.1 Å². The number of nitrogens with zero attached hydrogens (tertiary/aromatic N) is 1. The fourth-order valence-corrected chi connectivity index (χ4v) is 1.91. The Morgan fingerprint density at radius 1 is 1.30 bits per heavy atom. The summed E-state index contributed by atoms with van der Waals surface area (Å²) in [4.78, 5) is 4.61. The van der Waals surface area contributed by atoms with Gasteiger partial charge in [0.2, 0.25) is 5.88 Å². The molecule has 0 fully saturated rings. The van der Waals surface area contributed by atoms with Crippen molar-refractivity contribution in [3.8, 4) is 5.88 Å². The number of pyridine rings is 1. The zero-order valence-corrected chi connectivity index (χ0v) is 12.4. The van der Waals surface area contributed by atoms with Gasteiger partial charge in [-0.3, -0.25) is 0 Å². The molecule has 3 heteroatoms. The smallest absolute Gasteiger partial charge is 0.221 e. The number of benzene rings is 1. The molecule has 1 aromatic carbocycles. The van der Waals surface area contributed by atoms with E-state index in [9.17, 15) is 0 Å². The molecule has 0 aliphatic rings. The molecule has 0 saturated carbocycles.